The molecule has 0 aromatic heterocycles. The molecular weight excluding hydrogens is 276 g/mol. The molecule has 104 valence electrons. The Balaban J connectivity index is 2.05. The van der Waals surface area contributed by atoms with Crippen LogP contribution in [0.2, 0.25) is 0 Å². The predicted octanol–water partition coefficient (Wildman–Crippen LogP) is 3.13. The summed E-state index contributed by atoms with van der Waals surface area (Å²) < 4.78 is 28.3. The van der Waals surface area contributed by atoms with Gasteiger partial charge >= 0.3 is 6.61 Å². The summed E-state index contributed by atoms with van der Waals surface area (Å²) in [4.78, 5) is 14.0. The van der Waals surface area contributed by atoms with E-state index in [0.717, 1.165) is 12.8 Å². The Morgan fingerprint density at radius 2 is 2.00 bits per heavy atom. The smallest absolute Gasteiger partial charge is 0.387 e. The van der Waals surface area contributed by atoms with Crippen LogP contribution < -0.4 is 4.74 Å². The van der Waals surface area contributed by atoms with Crippen LogP contribution in [0, 0.1) is 0 Å². The topological polar surface area (TPSA) is 29.5 Å². The van der Waals surface area contributed by atoms with Gasteiger partial charge < -0.3 is 9.64 Å². The zero-order valence-corrected chi connectivity index (χ0v) is 10.9. The normalized spacial score (nSPS) is 14.5. The molecule has 1 amide bonds. The summed E-state index contributed by atoms with van der Waals surface area (Å²) in [5.74, 6) is 0.308. The van der Waals surface area contributed by atoms with Gasteiger partial charge in [-0.05, 0) is 37.1 Å². The van der Waals surface area contributed by atoms with Crippen molar-refractivity contribution < 1.29 is 18.3 Å². The van der Waals surface area contributed by atoms with Crippen LogP contribution in [-0.2, 0) is 0 Å². The number of hydrogen-bond acceptors (Lipinski definition) is 2. The number of ether oxygens (including phenoxy) is 1. The van der Waals surface area contributed by atoms with E-state index in [-0.39, 0.29) is 17.7 Å². The molecule has 0 atom stereocenters. The molecule has 0 N–H and O–H groups in total. The monoisotopic (exact) mass is 289 g/mol. The molecule has 0 bridgehead atoms. The van der Waals surface area contributed by atoms with E-state index in [1.807, 2.05) is 0 Å². The number of nitrogens with zero attached hydrogens (tertiary/aromatic N) is 1. The number of rotatable bonds is 6. The fraction of sp³-hybridized carbons (Fsp3) is 0.462. The minimum atomic E-state index is -2.86. The van der Waals surface area contributed by atoms with Crippen LogP contribution in [0.5, 0.6) is 5.75 Å². The summed E-state index contributed by atoms with van der Waals surface area (Å²) >= 11 is 5.68. The zero-order valence-electron chi connectivity index (χ0n) is 10.2. The molecule has 1 saturated carbocycles. The van der Waals surface area contributed by atoms with Crippen molar-refractivity contribution in [3.05, 3.63) is 29.8 Å². The van der Waals surface area contributed by atoms with E-state index in [9.17, 15) is 13.6 Å². The maximum Gasteiger partial charge on any atom is 0.387 e. The molecule has 0 heterocycles. The Morgan fingerprint density at radius 3 is 2.47 bits per heavy atom. The number of carbonyl (C=O) groups excluding carboxylic acids is 1. The molecule has 1 fully saturated rings. The molecule has 1 aliphatic rings. The number of benzene rings is 1. The second-order valence-electron chi connectivity index (χ2n) is 4.32. The second kappa shape index (κ2) is 6.19. The van der Waals surface area contributed by atoms with E-state index >= 15 is 0 Å². The maximum atomic E-state index is 12.2. The van der Waals surface area contributed by atoms with Gasteiger partial charge in [0.1, 0.15) is 5.75 Å². The van der Waals surface area contributed by atoms with E-state index in [1.165, 1.54) is 24.3 Å². The first-order valence-corrected chi connectivity index (χ1v) is 6.57. The molecule has 0 saturated heterocycles. The van der Waals surface area contributed by atoms with E-state index < -0.39 is 6.61 Å². The second-order valence-corrected chi connectivity index (χ2v) is 4.70. The summed E-state index contributed by atoms with van der Waals surface area (Å²) in [6.07, 6.45) is 1.99. The van der Waals surface area contributed by atoms with Gasteiger partial charge in [-0.25, -0.2) is 0 Å². The van der Waals surface area contributed by atoms with E-state index in [4.69, 9.17) is 11.6 Å². The molecule has 1 aromatic rings. The SMILES string of the molecule is O=C(c1ccc(OC(F)F)cc1)N(CCCl)C1CC1. The van der Waals surface area contributed by atoms with Gasteiger partial charge in [0.25, 0.3) is 5.91 Å². The first kappa shape index (κ1) is 14.1. The molecule has 0 spiro atoms. The third-order valence-corrected chi connectivity index (χ3v) is 3.07. The average molecular weight is 290 g/mol. The molecule has 0 radical (unpaired) electrons. The van der Waals surface area contributed by atoms with Gasteiger partial charge in [0, 0.05) is 24.0 Å². The van der Waals surface area contributed by atoms with E-state index in [0.29, 0.717) is 18.0 Å². The Hall–Kier alpha value is -1.36. The molecule has 1 aromatic carbocycles. The Labute approximate surface area is 115 Å². The van der Waals surface area contributed by atoms with Crippen molar-refractivity contribution in [1.82, 2.24) is 4.90 Å². The van der Waals surface area contributed by atoms with Crippen molar-refractivity contribution in [2.45, 2.75) is 25.5 Å². The van der Waals surface area contributed by atoms with Crippen molar-refractivity contribution in [3.8, 4) is 5.75 Å². The van der Waals surface area contributed by atoms with Crippen LogP contribution in [0.4, 0.5) is 8.78 Å². The van der Waals surface area contributed by atoms with Crippen LogP contribution in [0.3, 0.4) is 0 Å². The molecule has 19 heavy (non-hydrogen) atoms. The third kappa shape index (κ3) is 3.80. The average Bonchev–Trinajstić information content (AvgIpc) is 3.19. The highest BCUT2D eigenvalue weighted by molar-refractivity contribution is 6.18. The molecule has 2 rings (SSSR count). The van der Waals surface area contributed by atoms with Crippen molar-refractivity contribution in [2.75, 3.05) is 12.4 Å². The van der Waals surface area contributed by atoms with Crippen molar-refractivity contribution in [3.63, 3.8) is 0 Å². The van der Waals surface area contributed by atoms with Gasteiger partial charge in [0.15, 0.2) is 0 Å². The molecule has 1 aliphatic carbocycles. The lowest BCUT2D eigenvalue weighted by molar-refractivity contribution is -0.0498. The molecule has 0 aliphatic heterocycles. The van der Waals surface area contributed by atoms with E-state index in [1.54, 1.807) is 4.90 Å². The van der Waals surface area contributed by atoms with Crippen LogP contribution in [0.15, 0.2) is 24.3 Å². The zero-order chi connectivity index (χ0) is 13.8. The van der Waals surface area contributed by atoms with Crippen LogP contribution in [-0.4, -0.2) is 35.9 Å². The lowest BCUT2D eigenvalue weighted by Gasteiger charge is -2.21. The minimum absolute atomic E-state index is 0.0434. The predicted molar refractivity (Wildman–Crippen MR) is 67.9 cm³/mol. The summed E-state index contributed by atoms with van der Waals surface area (Å²) in [6.45, 7) is -2.36. The first-order chi connectivity index (χ1) is 9.11. The van der Waals surface area contributed by atoms with Gasteiger partial charge in [-0.15, -0.1) is 11.6 Å². The molecule has 0 unspecified atom stereocenters. The Bertz CT molecular complexity index is 435. The minimum Gasteiger partial charge on any atom is -0.435 e. The van der Waals surface area contributed by atoms with Crippen LogP contribution in [0.1, 0.15) is 23.2 Å². The van der Waals surface area contributed by atoms with Crippen LogP contribution >= 0.6 is 11.6 Å². The summed E-state index contributed by atoms with van der Waals surface area (Å²) in [6, 6.07) is 5.98. The van der Waals surface area contributed by atoms with Gasteiger partial charge in [0.2, 0.25) is 0 Å². The number of alkyl halides is 3. The van der Waals surface area contributed by atoms with Crippen molar-refractivity contribution in [1.29, 1.82) is 0 Å². The highest BCUT2D eigenvalue weighted by Gasteiger charge is 2.32. The van der Waals surface area contributed by atoms with Crippen molar-refractivity contribution in [2.24, 2.45) is 0 Å². The number of carbonyl (C=O) groups is 1. The van der Waals surface area contributed by atoms with Gasteiger partial charge in [0.05, 0.1) is 0 Å². The molecular formula is C13H14ClF2NO2. The van der Waals surface area contributed by atoms with Gasteiger partial charge in [-0.2, -0.15) is 8.78 Å². The summed E-state index contributed by atoms with van der Waals surface area (Å²) in [5.41, 5.74) is 0.457. The quantitative estimate of drug-likeness (QED) is 0.753. The fourth-order valence-corrected chi connectivity index (χ4v) is 2.05. The molecule has 3 nitrogen and oxygen atoms in total. The fourth-order valence-electron chi connectivity index (χ4n) is 1.87. The number of amides is 1. The van der Waals surface area contributed by atoms with E-state index in [2.05, 4.69) is 4.74 Å². The van der Waals surface area contributed by atoms with Gasteiger partial charge in [-0.1, -0.05) is 0 Å². The summed E-state index contributed by atoms with van der Waals surface area (Å²) in [5, 5.41) is 0. The standard InChI is InChI=1S/C13H14ClF2NO2/c14-7-8-17(10-3-4-10)12(18)9-1-5-11(6-2-9)19-13(15)16/h1-2,5-6,10,13H,3-4,7-8H2. The highest BCUT2D eigenvalue weighted by Crippen LogP contribution is 2.28. The summed E-state index contributed by atoms with van der Waals surface area (Å²) in [7, 11) is 0. The molecule has 6 heteroatoms. The van der Waals surface area contributed by atoms with Crippen molar-refractivity contribution >= 4 is 17.5 Å². The maximum absolute atomic E-state index is 12.2. The van der Waals surface area contributed by atoms with Gasteiger partial charge in [-0.3, -0.25) is 4.79 Å². The number of halogens is 3. The van der Waals surface area contributed by atoms with Crippen LogP contribution in [0.25, 0.3) is 0 Å². The first-order valence-electron chi connectivity index (χ1n) is 6.03. The third-order valence-electron chi connectivity index (χ3n) is 2.90. The largest absolute Gasteiger partial charge is 0.435 e. The number of hydrogen-bond donors (Lipinski definition) is 0. The Morgan fingerprint density at radius 1 is 1.37 bits per heavy atom. The Kier molecular flexibility index (Phi) is 4.58. The highest BCUT2D eigenvalue weighted by atomic mass is 35.5. The lowest BCUT2D eigenvalue weighted by atomic mass is 10.2. The lowest BCUT2D eigenvalue weighted by Crippen LogP contribution is -2.34.